The van der Waals surface area contributed by atoms with E-state index >= 15 is 0 Å². The van der Waals surface area contributed by atoms with Gasteiger partial charge in [0.25, 0.3) is 0 Å². The molecule has 0 aliphatic heterocycles. The normalized spacial score (nSPS) is 12.5. The summed E-state index contributed by atoms with van der Waals surface area (Å²) in [7, 11) is 0. The molecule has 1 unspecified atom stereocenters. The lowest BCUT2D eigenvalue weighted by atomic mass is 10.1. The summed E-state index contributed by atoms with van der Waals surface area (Å²) in [6, 6.07) is 14.2. The zero-order valence-electron chi connectivity index (χ0n) is 10.8. The second kappa shape index (κ2) is 5.30. The Morgan fingerprint density at radius 1 is 1.20 bits per heavy atom. The highest BCUT2D eigenvalue weighted by molar-refractivity contribution is 5.77. The molecule has 2 aromatic carbocycles. The molecule has 4 N–H and O–H groups in total. The monoisotopic (exact) mass is 270 g/mol. The maximum absolute atomic E-state index is 13.1. The van der Waals surface area contributed by atoms with Gasteiger partial charge in [0.15, 0.2) is 0 Å². The van der Waals surface area contributed by atoms with Gasteiger partial charge in [0.05, 0.1) is 11.0 Å². The van der Waals surface area contributed by atoms with E-state index in [-0.39, 0.29) is 11.9 Å². The van der Waals surface area contributed by atoms with E-state index in [4.69, 9.17) is 5.73 Å². The van der Waals surface area contributed by atoms with Crippen LogP contribution < -0.4 is 11.1 Å². The second-order valence-corrected chi connectivity index (χ2v) is 4.64. The fraction of sp³-hybridized carbons (Fsp3) is 0.133. The predicted molar refractivity (Wildman–Crippen MR) is 77.9 cm³/mol. The van der Waals surface area contributed by atoms with Crippen molar-refractivity contribution in [2.45, 2.75) is 6.04 Å². The van der Waals surface area contributed by atoms with Gasteiger partial charge in [-0.15, -0.1) is 0 Å². The predicted octanol–water partition coefficient (Wildman–Crippen LogP) is 2.81. The number of aromatic amines is 1. The van der Waals surface area contributed by atoms with Crippen molar-refractivity contribution in [1.29, 1.82) is 0 Å². The fourth-order valence-electron chi connectivity index (χ4n) is 2.09. The highest BCUT2D eigenvalue weighted by Gasteiger charge is 2.07. The number of benzene rings is 2. The van der Waals surface area contributed by atoms with E-state index in [1.807, 2.05) is 30.3 Å². The number of hydrogen-bond acceptors (Lipinski definition) is 3. The molecule has 0 aliphatic rings. The molecular weight excluding hydrogens is 255 g/mol. The van der Waals surface area contributed by atoms with E-state index in [1.165, 1.54) is 12.1 Å². The van der Waals surface area contributed by atoms with Crippen LogP contribution in [0.3, 0.4) is 0 Å². The summed E-state index contributed by atoms with van der Waals surface area (Å²) in [5.74, 6) is 0.311. The van der Waals surface area contributed by atoms with Crippen molar-refractivity contribution in [3.63, 3.8) is 0 Å². The summed E-state index contributed by atoms with van der Waals surface area (Å²) in [6.07, 6.45) is 0. The maximum atomic E-state index is 13.1. The molecule has 20 heavy (non-hydrogen) atoms. The molecule has 3 rings (SSSR count). The summed E-state index contributed by atoms with van der Waals surface area (Å²) in [5, 5.41) is 3.14. The topological polar surface area (TPSA) is 66.7 Å². The molecule has 1 heterocycles. The van der Waals surface area contributed by atoms with E-state index in [0.717, 1.165) is 11.1 Å². The first-order chi connectivity index (χ1) is 9.72. The number of fused-ring (bicyclic) bond motifs is 1. The van der Waals surface area contributed by atoms with Gasteiger partial charge < -0.3 is 16.0 Å². The molecule has 0 radical (unpaired) electrons. The third-order valence-corrected chi connectivity index (χ3v) is 3.16. The number of H-pyrrole nitrogens is 1. The molecular formula is C15H15FN4. The molecule has 4 nitrogen and oxygen atoms in total. The van der Waals surface area contributed by atoms with Crippen LogP contribution in [0.25, 0.3) is 11.0 Å². The van der Waals surface area contributed by atoms with E-state index in [0.29, 0.717) is 18.0 Å². The molecule has 102 valence electrons. The minimum absolute atomic E-state index is 0.124. The highest BCUT2D eigenvalue weighted by Crippen LogP contribution is 2.16. The molecule has 0 saturated heterocycles. The molecule has 1 aromatic heterocycles. The van der Waals surface area contributed by atoms with Crippen molar-refractivity contribution < 1.29 is 4.39 Å². The van der Waals surface area contributed by atoms with Crippen LogP contribution in [0, 0.1) is 5.82 Å². The van der Waals surface area contributed by atoms with Gasteiger partial charge in [0.2, 0.25) is 5.95 Å². The lowest BCUT2D eigenvalue weighted by Gasteiger charge is -2.12. The van der Waals surface area contributed by atoms with Crippen LogP contribution in [-0.2, 0) is 0 Å². The van der Waals surface area contributed by atoms with Gasteiger partial charge in [0, 0.05) is 12.6 Å². The minimum Gasteiger partial charge on any atom is -0.354 e. The highest BCUT2D eigenvalue weighted by atomic mass is 19.1. The van der Waals surface area contributed by atoms with Crippen molar-refractivity contribution in [1.82, 2.24) is 9.97 Å². The molecule has 5 heteroatoms. The smallest absolute Gasteiger partial charge is 0.201 e. The Balaban J connectivity index is 1.71. The third-order valence-electron chi connectivity index (χ3n) is 3.16. The van der Waals surface area contributed by atoms with Crippen molar-refractivity contribution >= 4 is 17.0 Å². The van der Waals surface area contributed by atoms with E-state index < -0.39 is 0 Å². The van der Waals surface area contributed by atoms with Crippen molar-refractivity contribution in [3.8, 4) is 0 Å². The molecule has 0 fully saturated rings. The summed E-state index contributed by atoms with van der Waals surface area (Å²) >= 11 is 0. The van der Waals surface area contributed by atoms with Crippen LogP contribution in [0.4, 0.5) is 10.3 Å². The Hall–Kier alpha value is -2.40. The van der Waals surface area contributed by atoms with Crippen LogP contribution in [-0.4, -0.2) is 16.5 Å². The average Bonchev–Trinajstić information content (AvgIpc) is 2.87. The third kappa shape index (κ3) is 2.62. The zero-order valence-corrected chi connectivity index (χ0v) is 10.8. The van der Waals surface area contributed by atoms with Crippen LogP contribution in [0.1, 0.15) is 11.6 Å². The Kier molecular flexibility index (Phi) is 3.35. The Morgan fingerprint density at radius 3 is 2.80 bits per heavy atom. The van der Waals surface area contributed by atoms with Crippen molar-refractivity contribution in [2.75, 3.05) is 11.9 Å². The minimum atomic E-state index is -0.284. The molecule has 1 atom stereocenters. The number of nitrogens with two attached hydrogens (primary N) is 1. The number of nitrogens with zero attached hydrogens (tertiary/aromatic N) is 1. The number of halogens is 1. The average molecular weight is 270 g/mol. The van der Waals surface area contributed by atoms with Gasteiger partial charge in [-0.25, -0.2) is 9.37 Å². The van der Waals surface area contributed by atoms with E-state index in [1.54, 1.807) is 6.07 Å². The van der Waals surface area contributed by atoms with Crippen LogP contribution in [0.5, 0.6) is 0 Å². The van der Waals surface area contributed by atoms with Gasteiger partial charge in [-0.3, -0.25) is 0 Å². The van der Waals surface area contributed by atoms with Gasteiger partial charge in [-0.2, -0.15) is 0 Å². The van der Waals surface area contributed by atoms with Crippen molar-refractivity contribution in [2.24, 2.45) is 5.73 Å². The zero-order chi connectivity index (χ0) is 13.9. The standard InChI is InChI=1S/C15H15FN4/c16-11-6-7-13-14(8-11)20-15(19-13)18-9-12(17)10-4-2-1-3-5-10/h1-8,12H,9,17H2,(H2,18,19,20). The van der Waals surface area contributed by atoms with E-state index in [2.05, 4.69) is 15.3 Å². The fourth-order valence-corrected chi connectivity index (χ4v) is 2.09. The van der Waals surface area contributed by atoms with Gasteiger partial charge in [0.1, 0.15) is 5.82 Å². The summed E-state index contributed by atoms with van der Waals surface area (Å²) in [6.45, 7) is 0.548. The number of nitrogens with one attached hydrogen (secondary N) is 2. The van der Waals surface area contributed by atoms with E-state index in [9.17, 15) is 4.39 Å². The largest absolute Gasteiger partial charge is 0.354 e. The quantitative estimate of drug-likeness (QED) is 0.683. The lowest BCUT2D eigenvalue weighted by Crippen LogP contribution is -2.20. The van der Waals surface area contributed by atoms with Gasteiger partial charge >= 0.3 is 0 Å². The molecule has 0 saturated carbocycles. The number of imidazole rings is 1. The SMILES string of the molecule is NC(CNc1nc2ccc(F)cc2[nH]1)c1ccccc1. The molecule has 0 spiro atoms. The number of anilines is 1. The van der Waals surface area contributed by atoms with Crippen LogP contribution >= 0.6 is 0 Å². The second-order valence-electron chi connectivity index (χ2n) is 4.64. The number of rotatable bonds is 4. The summed E-state index contributed by atoms with van der Waals surface area (Å²) in [4.78, 5) is 7.36. The Bertz CT molecular complexity index is 708. The first kappa shape index (κ1) is 12.6. The van der Waals surface area contributed by atoms with Crippen molar-refractivity contribution in [3.05, 3.63) is 59.9 Å². The Labute approximate surface area is 115 Å². The number of hydrogen-bond donors (Lipinski definition) is 3. The summed E-state index contributed by atoms with van der Waals surface area (Å²) in [5.41, 5.74) is 8.55. The van der Waals surface area contributed by atoms with Crippen LogP contribution in [0.2, 0.25) is 0 Å². The molecule has 0 aliphatic carbocycles. The lowest BCUT2D eigenvalue weighted by molar-refractivity contribution is 0.629. The first-order valence-corrected chi connectivity index (χ1v) is 6.42. The van der Waals surface area contributed by atoms with Crippen LogP contribution in [0.15, 0.2) is 48.5 Å². The van der Waals surface area contributed by atoms with Gasteiger partial charge in [-0.1, -0.05) is 30.3 Å². The molecule has 3 aromatic rings. The molecule has 0 amide bonds. The number of aromatic nitrogens is 2. The first-order valence-electron chi connectivity index (χ1n) is 6.42. The maximum Gasteiger partial charge on any atom is 0.201 e. The Morgan fingerprint density at radius 2 is 2.00 bits per heavy atom. The van der Waals surface area contributed by atoms with Gasteiger partial charge in [-0.05, 0) is 23.8 Å². The molecule has 0 bridgehead atoms. The summed E-state index contributed by atoms with van der Waals surface area (Å²) < 4.78 is 13.1.